The second-order valence-electron chi connectivity index (χ2n) is 3.91. The Morgan fingerprint density at radius 3 is 2.81 bits per heavy atom. The molecule has 16 heavy (non-hydrogen) atoms. The Hall–Kier alpha value is -1.58. The van der Waals surface area contributed by atoms with Gasteiger partial charge in [0.25, 0.3) is 0 Å². The van der Waals surface area contributed by atoms with Gasteiger partial charge in [0.05, 0.1) is 7.11 Å². The topological polar surface area (TPSA) is 51.2 Å². The van der Waals surface area contributed by atoms with Crippen molar-refractivity contribution in [1.82, 2.24) is 4.98 Å². The van der Waals surface area contributed by atoms with Gasteiger partial charge in [-0.3, -0.25) is 0 Å². The number of ether oxygens (including phenoxy) is 1. The van der Waals surface area contributed by atoms with Gasteiger partial charge in [-0.25, -0.2) is 9.78 Å². The van der Waals surface area contributed by atoms with E-state index in [0.29, 0.717) is 12.2 Å². The fourth-order valence-electron chi connectivity index (χ4n) is 1.66. The highest BCUT2D eigenvalue weighted by molar-refractivity contribution is 5.83. The summed E-state index contributed by atoms with van der Waals surface area (Å²) in [5, 5.41) is 3.12. The molecule has 1 aromatic rings. The van der Waals surface area contributed by atoms with Crippen LogP contribution in [0.3, 0.4) is 0 Å². The van der Waals surface area contributed by atoms with E-state index >= 15 is 0 Å². The third-order valence-corrected chi connectivity index (χ3v) is 2.45. The molecule has 0 amide bonds. The summed E-state index contributed by atoms with van der Waals surface area (Å²) >= 11 is 0. The predicted octanol–water partition coefficient (Wildman–Crippen LogP) is 2.23. The van der Waals surface area contributed by atoms with Crippen molar-refractivity contribution < 1.29 is 9.53 Å². The zero-order valence-corrected chi connectivity index (χ0v) is 9.99. The molecule has 0 bridgehead atoms. The van der Waals surface area contributed by atoms with Crippen molar-refractivity contribution in [3.8, 4) is 0 Å². The number of hydrogen-bond donors (Lipinski definition) is 1. The Morgan fingerprint density at radius 2 is 2.31 bits per heavy atom. The van der Waals surface area contributed by atoms with E-state index in [2.05, 4.69) is 10.3 Å². The molecule has 0 aromatic carbocycles. The largest absolute Gasteiger partial charge is 0.467 e. The van der Waals surface area contributed by atoms with Crippen molar-refractivity contribution in [3.05, 3.63) is 24.4 Å². The highest BCUT2D eigenvalue weighted by Crippen LogP contribution is 2.19. The van der Waals surface area contributed by atoms with Crippen LogP contribution in [0.2, 0.25) is 0 Å². The second kappa shape index (κ2) is 5.49. The summed E-state index contributed by atoms with van der Waals surface area (Å²) in [5.41, 5.74) is -0.710. The normalized spacial score (nSPS) is 13.9. The molecule has 0 fully saturated rings. The van der Waals surface area contributed by atoms with Gasteiger partial charge < -0.3 is 10.1 Å². The lowest BCUT2D eigenvalue weighted by atomic mass is 9.96. The number of pyridine rings is 1. The van der Waals surface area contributed by atoms with Gasteiger partial charge in [-0.15, -0.1) is 0 Å². The molecule has 0 aliphatic carbocycles. The summed E-state index contributed by atoms with van der Waals surface area (Å²) < 4.78 is 4.81. The van der Waals surface area contributed by atoms with Crippen molar-refractivity contribution in [2.45, 2.75) is 32.2 Å². The SMILES string of the molecule is CCCC(C)(Nc1ccccn1)C(=O)OC. The first-order chi connectivity index (χ1) is 7.62. The van der Waals surface area contributed by atoms with E-state index in [1.807, 2.05) is 32.0 Å². The summed E-state index contributed by atoms with van der Waals surface area (Å²) in [7, 11) is 1.40. The van der Waals surface area contributed by atoms with Crippen molar-refractivity contribution in [2.24, 2.45) is 0 Å². The number of carbonyl (C=O) groups is 1. The fraction of sp³-hybridized carbons (Fsp3) is 0.500. The van der Waals surface area contributed by atoms with Crippen LogP contribution in [-0.2, 0) is 9.53 Å². The zero-order chi connectivity index (χ0) is 12.0. The highest BCUT2D eigenvalue weighted by Gasteiger charge is 2.33. The molecule has 0 spiro atoms. The van der Waals surface area contributed by atoms with Crippen LogP contribution >= 0.6 is 0 Å². The number of methoxy groups -OCH3 is 1. The lowest BCUT2D eigenvalue weighted by molar-refractivity contribution is -0.145. The number of nitrogens with one attached hydrogen (secondary N) is 1. The minimum atomic E-state index is -0.710. The predicted molar refractivity (Wildman–Crippen MR) is 63.2 cm³/mol. The monoisotopic (exact) mass is 222 g/mol. The number of carbonyl (C=O) groups excluding carboxylic acids is 1. The van der Waals surface area contributed by atoms with E-state index in [4.69, 9.17) is 4.74 Å². The minimum absolute atomic E-state index is 0.264. The second-order valence-corrected chi connectivity index (χ2v) is 3.91. The molecule has 1 rings (SSSR count). The van der Waals surface area contributed by atoms with E-state index in [1.165, 1.54) is 7.11 Å². The number of aromatic nitrogens is 1. The molecule has 4 heteroatoms. The van der Waals surface area contributed by atoms with E-state index < -0.39 is 5.54 Å². The molecule has 4 nitrogen and oxygen atoms in total. The molecule has 0 radical (unpaired) electrons. The van der Waals surface area contributed by atoms with Gasteiger partial charge in [0.15, 0.2) is 0 Å². The molecule has 1 heterocycles. The Bertz CT molecular complexity index is 340. The number of esters is 1. The number of nitrogens with zero attached hydrogens (tertiary/aromatic N) is 1. The van der Waals surface area contributed by atoms with Crippen LogP contribution in [0.1, 0.15) is 26.7 Å². The van der Waals surface area contributed by atoms with Gasteiger partial charge in [0, 0.05) is 6.20 Å². The molecule has 1 atom stereocenters. The maximum atomic E-state index is 11.7. The Kier molecular flexibility index (Phi) is 4.28. The van der Waals surface area contributed by atoms with Gasteiger partial charge in [0.1, 0.15) is 11.4 Å². The number of anilines is 1. The Morgan fingerprint density at radius 1 is 1.56 bits per heavy atom. The Balaban J connectivity index is 2.83. The fourth-order valence-corrected chi connectivity index (χ4v) is 1.66. The van der Waals surface area contributed by atoms with Crippen molar-refractivity contribution in [2.75, 3.05) is 12.4 Å². The molecule has 0 saturated carbocycles. The molecule has 0 saturated heterocycles. The van der Waals surface area contributed by atoms with Crippen LogP contribution in [0.5, 0.6) is 0 Å². The quantitative estimate of drug-likeness (QED) is 0.776. The molecular weight excluding hydrogens is 204 g/mol. The lowest BCUT2D eigenvalue weighted by Crippen LogP contribution is -2.44. The summed E-state index contributed by atoms with van der Waals surface area (Å²) in [5.74, 6) is 0.420. The van der Waals surface area contributed by atoms with E-state index in [1.54, 1.807) is 6.20 Å². The van der Waals surface area contributed by atoms with E-state index in [-0.39, 0.29) is 5.97 Å². The first kappa shape index (κ1) is 12.5. The third kappa shape index (κ3) is 2.95. The summed E-state index contributed by atoms with van der Waals surface area (Å²) in [6, 6.07) is 5.54. The first-order valence-electron chi connectivity index (χ1n) is 5.40. The van der Waals surface area contributed by atoms with Gasteiger partial charge in [-0.05, 0) is 25.5 Å². The van der Waals surface area contributed by atoms with Crippen LogP contribution in [0.15, 0.2) is 24.4 Å². The maximum Gasteiger partial charge on any atom is 0.331 e. The zero-order valence-electron chi connectivity index (χ0n) is 9.99. The first-order valence-corrected chi connectivity index (χ1v) is 5.40. The lowest BCUT2D eigenvalue weighted by Gasteiger charge is -2.27. The van der Waals surface area contributed by atoms with Crippen LogP contribution in [-0.4, -0.2) is 23.6 Å². The van der Waals surface area contributed by atoms with Crippen LogP contribution in [0.25, 0.3) is 0 Å². The van der Waals surface area contributed by atoms with Gasteiger partial charge in [-0.1, -0.05) is 19.4 Å². The maximum absolute atomic E-state index is 11.7. The van der Waals surface area contributed by atoms with Gasteiger partial charge >= 0.3 is 5.97 Å². The molecule has 0 aliphatic rings. The van der Waals surface area contributed by atoms with E-state index in [0.717, 1.165) is 6.42 Å². The average molecular weight is 222 g/mol. The number of rotatable bonds is 5. The van der Waals surface area contributed by atoms with Gasteiger partial charge in [-0.2, -0.15) is 0 Å². The van der Waals surface area contributed by atoms with Crippen molar-refractivity contribution in [3.63, 3.8) is 0 Å². The molecule has 1 N–H and O–H groups in total. The van der Waals surface area contributed by atoms with Crippen LogP contribution < -0.4 is 5.32 Å². The minimum Gasteiger partial charge on any atom is -0.467 e. The summed E-state index contributed by atoms with van der Waals surface area (Å²) in [4.78, 5) is 15.9. The molecule has 0 aliphatic heterocycles. The van der Waals surface area contributed by atoms with Crippen molar-refractivity contribution in [1.29, 1.82) is 0 Å². The van der Waals surface area contributed by atoms with Gasteiger partial charge in [0.2, 0.25) is 0 Å². The van der Waals surface area contributed by atoms with Crippen molar-refractivity contribution >= 4 is 11.8 Å². The number of hydrogen-bond acceptors (Lipinski definition) is 4. The van der Waals surface area contributed by atoms with Crippen LogP contribution in [0.4, 0.5) is 5.82 Å². The third-order valence-electron chi connectivity index (χ3n) is 2.45. The van der Waals surface area contributed by atoms with E-state index in [9.17, 15) is 4.79 Å². The molecule has 1 unspecified atom stereocenters. The standard InChI is InChI=1S/C12H18N2O2/c1-4-8-12(2,11(15)16-3)14-10-7-5-6-9-13-10/h5-7,9H,4,8H2,1-3H3,(H,13,14). The molecule has 1 aromatic heterocycles. The summed E-state index contributed by atoms with van der Waals surface area (Å²) in [6.07, 6.45) is 3.29. The highest BCUT2D eigenvalue weighted by atomic mass is 16.5. The average Bonchev–Trinajstić information content (AvgIpc) is 2.29. The Labute approximate surface area is 96.0 Å². The van der Waals surface area contributed by atoms with Crippen LogP contribution in [0, 0.1) is 0 Å². The summed E-state index contributed by atoms with van der Waals surface area (Å²) in [6.45, 7) is 3.86. The molecular formula is C12H18N2O2. The molecule has 88 valence electrons. The smallest absolute Gasteiger partial charge is 0.331 e.